The number of nitrogens with one attached hydrogen (secondary N) is 2. The average Bonchev–Trinajstić information content (AvgIpc) is 3.07. The van der Waals surface area contributed by atoms with Crippen LogP contribution in [0.25, 0.3) is 5.13 Å². The van der Waals surface area contributed by atoms with Gasteiger partial charge >= 0.3 is 0 Å². The normalized spacial score (nSPS) is 10.9. The SMILES string of the molecule is Cc1nc(-n2[nH]c(C)c(CCC(=O)Nc3ccccc3Cl)c2=O)sc1C. The number of aromatic nitrogens is 3. The minimum Gasteiger partial charge on any atom is -0.325 e. The molecule has 0 saturated heterocycles. The second-order valence-corrected chi connectivity index (χ2v) is 7.61. The molecule has 2 heterocycles. The first kappa shape index (κ1) is 18.4. The molecule has 8 heteroatoms. The first-order valence-electron chi connectivity index (χ1n) is 8.16. The number of aryl methyl sites for hydroxylation is 3. The van der Waals surface area contributed by atoms with Crippen LogP contribution in [0.4, 0.5) is 5.69 Å². The van der Waals surface area contributed by atoms with Crippen LogP contribution < -0.4 is 10.9 Å². The Hall–Kier alpha value is -2.38. The molecule has 0 spiro atoms. The first-order chi connectivity index (χ1) is 12.4. The molecular weight excluding hydrogens is 372 g/mol. The zero-order valence-electron chi connectivity index (χ0n) is 14.7. The van der Waals surface area contributed by atoms with Crippen LogP contribution in [0.3, 0.4) is 0 Å². The Morgan fingerprint density at radius 2 is 2.04 bits per heavy atom. The number of hydrogen-bond acceptors (Lipinski definition) is 4. The Balaban J connectivity index is 1.73. The van der Waals surface area contributed by atoms with Gasteiger partial charge in [0.05, 0.1) is 16.4 Å². The maximum Gasteiger partial charge on any atom is 0.276 e. The fourth-order valence-electron chi connectivity index (χ4n) is 2.58. The van der Waals surface area contributed by atoms with Gasteiger partial charge in [-0.1, -0.05) is 35.1 Å². The Kier molecular flexibility index (Phi) is 5.29. The van der Waals surface area contributed by atoms with Gasteiger partial charge in [0.1, 0.15) is 0 Å². The summed E-state index contributed by atoms with van der Waals surface area (Å²) in [4.78, 5) is 30.3. The number of rotatable bonds is 5. The lowest BCUT2D eigenvalue weighted by Crippen LogP contribution is -2.19. The van der Waals surface area contributed by atoms with Crippen molar-refractivity contribution in [1.82, 2.24) is 14.8 Å². The molecule has 1 amide bonds. The van der Waals surface area contributed by atoms with E-state index in [0.717, 1.165) is 16.3 Å². The van der Waals surface area contributed by atoms with Gasteiger partial charge in [0.2, 0.25) is 11.0 Å². The maximum atomic E-state index is 12.7. The fourth-order valence-corrected chi connectivity index (χ4v) is 3.63. The number of thiazole rings is 1. The highest BCUT2D eigenvalue weighted by Crippen LogP contribution is 2.21. The Labute approximate surface area is 159 Å². The molecule has 26 heavy (non-hydrogen) atoms. The summed E-state index contributed by atoms with van der Waals surface area (Å²) in [5.74, 6) is -0.189. The standard InChI is InChI=1S/C18H19ClN4O2S/c1-10-12(3)26-18(20-10)23-17(25)13(11(2)22-23)8-9-16(24)21-15-7-5-4-6-14(15)19/h4-7,22H,8-9H2,1-3H3,(H,21,24). The topological polar surface area (TPSA) is 79.8 Å². The van der Waals surface area contributed by atoms with Crippen molar-refractivity contribution in [2.45, 2.75) is 33.6 Å². The van der Waals surface area contributed by atoms with Gasteiger partial charge in [-0.2, -0.15) is 4.68 Å². The van der Waals surface area contributed by atoms with Gasteiger partial charge in [-0.3, -0.25) is 14.7 Å². The molecule has 136 valence electrons. The molecule has 0 unspecified atom stereocenters. The molecule has 3 rings (SSSR count). The summed E-state index contributed by atoms with van der Waals surface area (Å²) in [6.45, 7) is 5.71. The van der Waals surface area contributed by atoms with Gasteiger partial charge in [-0.05, 0) is 39.3 Å². The third kappa shape index (κ3) is 3.73. The number of aromatic amines is 1. The number of H-pyrrole nitrogens is 1. The number of amides is 1. The number of hydrogen-bond donors (Lipinski definition) is 2. The van der Waals surface area contributed by atoms with Gasteiger partial charge in [0, 0.05) is 22.6 Å². The number of para-hydroxylation sites is 1. The molecule has 2 N–H and O–H groups in total. The average molecular weight is 391 g/mol. The molecule has 3 aromatic rings. The minimum atomic E-state index is -0.189. The molecule has 0 bridgehead atoms. The molecular formula is C18H19ClN4O2S. The van der Waals surface area contributed by atoms with Crippen molar-refractivity contribution < 1.29 is 4.79 Å². The lowest BCUT2D eigenvalue weighted by atomic mass is 10.1. The predicted molar refractivity (Wildman–Crippen MR) is 105 cm³/mol. The van der Waals surface area contributed by atoms with Gasteiger partial charge in [-0.15, -0.1) is 0 Å². The largest absolute Gasteiger partial charge is 0.325 e. The molecule has 0 aliphatic heterocycles. The van der Waals surface area contributed by atoms with Crippen molar-refractivity contribution >= 4 is 34.5 Å². The van der Waals surface area contributed by atoms with Gasteiger partial charge < -0.3 is 5.32 Å². The van der Waals surface area contributed by atoms with Gasteiger partial charge in [0.15, 0.2) is 0 Å². The van der Waals surface area contributed by atoms with Crippen molar-refractivity contribution in [1.29, 1.82) is 0 Å². The molecule has 0 fully saturated rings. The van der Waals surface area contributed by atoms with Crippen LogP contribution in [-0.2, 0) is 11.2 Å². The highest BCUT2D eigenvalue weighted by molar-refractivity contribution is 7.14. The zero-order chi connectivity index (χ0) is 18.8. The number of carbonyl (C=O) groups is 1. The quantitative estimate of drug-likeness (QED) is 0.695. The number of benzene rings is 1. The number of carbonyl (C=O) groups excluding carboxylic acids is 1. The molecule has 1 aromatic carbocycles. The van der Waals surface area contributed by atoms with Crippen LogP contribution in [0, 0.1) is 20.8 Å². The van der Waals surface area contributed by atoms with Crippen LogP contribution in [0.15, 0.2) is 29.1 Å². The minimum absolute atomic E-state index is 0.165. The van der Waals surface area contributed by atoms with E-state index in [-0.39, 0.29) is 17.9 Å². The second kappa shape index (κ2) is 7.47. The van der Waals surface area contributed by atoms with Crippen LogP contribution in [0.5, 0.6) is 0 Å². The smallest absolute Gasteiger partial charge is 0.276 e. The summed E-state index contributed by atoms with van der Waals surface area (Å²) < 4.78 is 1.45. The van der Waals surface area contributed by atoms with Crippen LogP contribution >= 0.6 is 22.9 Å². The third-order valence-electron chi connectivity index (χ3n) is 4.15. The van der Waals surface area contributed by atoms with E-state index in [0.29, 0.717) is 27.8 Å². The highest BCUT2D eigenvalue weighted by atomic mass is 35.5. The molecule has 6 nitrogen and oxygen atoms in total. The molecule has 0 radical (unpaired) electrons. The lowest BCUT2D eigenvalue weighted by molar-refractivity contribution is -0.116. The van der Waals surface area contributed by atoms with E-state index in [2.05, 4.69) is 15.4 Å². The maximum absolute atomic E-state index is 12.7. The first-order valence-corrected chi connectivity index (χ1v) is 9.35. The van der Waals surface area contributed by atoms with E-state index >= 15 is 0 Å². The Morgan fingerprint density at radius 1 is 1.31 bits per heavy atom. The number of halogens is 1. The second-order valence-electron chi connectivity index (χ2n) is 6.02. The van der Waals surface area contributed by atoms with Crippen molar-refractivity contribution in [2.75, 3.05) is 5.32 Å². The van der Waals surface area contributed by atoms with Crippen molar-refractivity contribution in [3.05, 3.63) is 61.5 Å². The summed E-state index contributed by atoms with van der Waals surface area (Å²) in [5, 5.41) is 6.91. The Morgan fingerprint density at radius 3 is 2.69 bits per heavy atom. The van der Waals surface area contributed by atoms with E-state index in [9.17, 15) is 9.59 Å². The lowest BCUT2D eigenvalue weighted by Gasteiger charge is -2.06. The van der Waals surface area contributed by atoms with E-state index in [1.165, 1.54) is 16.0 Å². The van der Waals surface area contributed by atoms with E-state index in [1.54, 1.807) is 24.3 Å². The summed E-state index contributed by atoms with van der Waals surface area (Å²) in [7, 11) is 0. The van der Waals surface area contributed by atoms with E-state index in [1.807, 2.05) is 20.8 Å². The zero-order valence-corrected chi connectivity index (χ0v) is 16.3. The highest BCUT2D eigenvalue weighted by Gasteiger charge is 2.16. The molecule has 0 saturated carbocycles. The molecule has 0 atom stereocenters. The van der Waals surface area contributed by atoms with E-state index in [4.69, 9.17) is 11.6 Å². The molecule has 0 aliphatic rings. The summed E-state index contributed by atoms with van der Waals surface area (Å²) in [6, 6.07) is 7.05. The van der Waals surface area contributed by atoms with Crippen LogP contribution in [0.1, 0.15) is 28.2 Å². The fraction of sp³-hybridized carbons (Fsp3) is 0.278. The van der Waals surface area contributed by atoms with Crippen molar-refractivity contribution in [3.63, 3.8) is 0 Å². The van der Waals surface area contributed by atoms with Crippen LogP contribution in [0.2, 0.25) is 5.02 Å². The van der Waals surface area contributed by atoms with Gasteiger partial charge in [-0.25, -0.2) is 4.98 Å². The monoisotopic (exact) mass is 390 g/mol. The van der Waals surface area contributed by atoms with Crippen molar-refractivity contribution in [2.24, 2.45) is 0 Å². The molecule has 0 aliphatic carbocycles. The third-order valence-corrected chi connectivity index (χ3v) is 5.54. The summed E-state index contributed by atoms with van der Waals surface area (Å²) in [5.41, 5.74) is 2.64. The predicted octanol–water partition coefficient (Wildman–Crippen LogP) is 3.77. The van der Waals surface area contributed by atoms with Crippen molar-refractivity contribution in [3.8, 4) is 5.13 Å². The number of nitrogens with zero attached hydrogens (tertiary/aromatic N) is 2. The Bertz CT molecular complexity index is 999. The molecule has 2 aromatic heterocycles. The summed E-state index contributed by atoms with van der Waals surface area (Å²) in [6.07, 6.45) is 0.531. The summed E-state index contributed by atoms with van der Waals surface area (Å²) >= 11 is 7.50. The van der Waals surface area contributed by atoms with E-state index < -0.39 is 0 Å². The van der Waals surface area contributed by atoms with Gasteiger partial charge in [0.25, 0.3) is 5.56 Å². The number of anilines is 1. The van der Waals surface area contributed by atoms with Crippen LogP contribution in [-0.4, -0.2) is 20.7 Å².